The zero-order valence-electron chi connectivity index (χ0n) is 14.7. The van der Waals surface area contributed by atoms with E-state index in [1.54, 1.807) is 42.9 Å². The van der Waals surface area contributed by atoms with Gasteiger partial charge in [-0.1, -0.05) is 0 Å². The lowest BCUT2D eigenvalue weighted by molar-refractivity contribution is 0.0954. The maximum Gasteiger partial charge on any atom is 0.271 e. The van der Waals surface area contributed by atoms with Gasteiger partial charge in [0.25, 0.3) is 5.91 Å². The van der Waals surface area contributed by atoms with Gasteiger partial charge in [0.05, 0.1) is 38.6 Å². The average molecular weight is 375 g/mol. The molecule has 1 fully saturated rings. The van der Waals surface area contributed by atoms with Crippen molar-refractivity contribution in [3.05, 3.63) is 40.8 Å². The van der Waals surface area contributed by atoms with E-state index in [9.17, 15) is 4.79 Å². The van der Waals surface area contributed by atoms with Gasteiger partial charge in [-0.05, 0) is 30.3 Å². The lowest BCUT2D eigenvalue weighted by Gasteiger charge is -2.27. The molecule has 8 heteroatoms. The molecule has 0 spiro atoms. The Morgan fingerprint density at radius 1 is 1.19 bits per heavy atom. The first-order valence-electron chi connectivity index (χ1n) is 8.19. The number of methoxy groups -OCH3 is 2. The van der Waals surface area contributed by atoms with Crippen molar-refractivity contribution in [2.24, 2.45) is 5.10 Å². The number of hydrogen-bond donors (Lipinski definition) is 1. The van der Waals surface area contributed by atoms with Crippen LogP contribution in [0.2, 0.25) is 0 Å². The fraction of sp³-hybridized carbons (Fsp3) is 0.333. The molecule has 1 saturated heterocycles. The standard InChI is InChI=1S/C18H21N3O4S/c1-23-15-5-3-13(11-16(15)24-2)18(22)20-19-12-14-4-6-17(26-14)21-7-9-25-10-8-21/h3-6,11-12H,7-10H2,1-2H3,(H,20,22)/b19-12-. The van der Waals surface area contributed by atoms with E-state index in [1.807, 2.05) is 6.07 Å². The Hall–Kier alpha value is -2.58. The fourth-order valence-electron chi connectivity index (χ4n) is 2.56. The highest BCUT2D eigenvalue weighted by Gasteiger charge is 2.13. The van der Waals surface area contributed by atoms with Gasteiger partial charge in [0.2, 0.25) is 0 Å². The smallest absolute Gasteiger partial charge is 0.271 e. The maximum atomic E-state index is 12.2. The summed E-state index contributed by atoms with van der Waals surface area (Å²) in [5.41, 5.74) is 2.98. The van der Waals surface area contributed by atoms with Crippen LogP contribution in [0.1, 0.15) is 15.2 Å². The Balaban J connectivity index is 1.60. The molecule has 1 N–H and O–H groups in total. The molecule has 1 amide bonds. The largest absolute Gasteiger partial charge is 0.493 e. The summed E-state index contributed by atoms with van der Waals surface area (Å²) < 4.78 is 15.7. The zero-order valence-corrected chi connectivity index (χ0v) is 15.5. The molecule has 2 heterocycles. The van der Waals surface area contributed by atoms with Gasteiger partial charge in [0.1, 0.15) is 0 Å². The summed E-state index contributed by atoms with van der Waals surface area (Å²) in [6.07, 6.45) is 1.65. The molecule has 2 aromatic rings. The highest BCUT2D eigenvalue weighted by atomic mass is 32.1. The third-order valence-electron chi connectivity index (χ3n) is 3.94. The first kappa shape index (κ1) is 18.2. The lowest BCUT2D eigenvalue weighted by atomic mass is 10.2. The summed E-state index contributed by atoms with van der Waals surface area (Å²) in [6.45, 7) is 3.30. The molecule has 0 unspecified atom stereocenters. The molecule has 1 aliphatic heterocycles. The molecule has 138 valence electrons. The van der Waals surface area contributed by atoms with Crippen LogP contribution >= 0.6 is 11.3 Å². The molecule has 0 aliphatic carbocycles. The minimum absolute atomic E-state index is 0.313. The van der Waals surface area contributed by atoms with Gasteiger partial charge in [0.15, 0.2) is 11.5 Å². The van der Waals surface area contributed by atoms with Crippen LogP contribution in [0.15, 0.2) is 35.4 Å². The quantitative estimate of drug-likeness (QED) is 0.620. The first-order chi connectivity index (χ1) is 12.7. The zero-order chi connectivity index (χ0) is 18.4. The number of hydrogen-bond acceptors (Lipinski definition) is 7. The molecule has 1 aliphatic rings. The van der Waals surface area contributed by atoms with Crippen molar-refractivity contribution in [3.8, 4) is 11.5 Å². The number of hydrazone groups is 1. The summed E-state index contributed by atoms with van der Waals surface area (Å²) >= 11 is 1.63. The van der Waals surface area contributed by atoms with E-state index in [0.717, 1.165) is 31.2 Å². The molecular formula is C18H21N3O4S. The number of nitrogens with one attached hydrogen (secondary N) is 1. The minimum atomic E-state index is -0.313. The van der Waals surface area contributed by atoms with E-state index in [2.05, 4.69) is 21.5 Å². The topological polar surface area (TPSA) is 72.4 Å². The number of nitrogens with zero attached hydrogens (tertiary/aromatic N) is 2. The summed E-state index contributed by atoms with van der Waals surface area (Å²) in [4.78, 5) is 15.5. The summed E-state index contributed by atoms with van der Waals surface area (Å²) in [6, 6.07) is 9.01. The third-order valence-corrected chi connectivity index (χ3v) is 5.02. The van der Waals surface area contributed by atoms with Gasteiger partial charge in [-0.15, -0.1) is 11.3 Å². The van der Waals surface area contributed by atoms with Crippen molar-refractivity contribution in [2.45, 2.75) is 0 Å². The van der Waals surface area contributed by atoms with E-state index in [-0.39, 0.29) is 5.91 Å². The Morgan fingerprint density at radius 3 is 2.69 bits per heavy atom. The van der Waals surface area contributed by atoms with E-state index in [0.29, 0.717) is 17.1 Å². The van der Waals surface area contributed by atoms with Gasteiger partial charge in [-0.3, -0.25) is 4.79 Å². The van der Waals surface area contributed by atoms with Gasteiger partial charge >= 0.3 is 0 Å². The normalized spacial score (nSPS) is 14.5. The second kappa shape index (κ2) is 8.68. The van der Waals surface area contributed by atoms with Crippen LogP contribution in [0.3, 0.4) is 0 Å². The van der Waals surface area contributed by atoms with Crippen molar-refractivity contribution in [1.82, 2.24) is 5.43 Å². The number of carbonyl (C=O) groups is 1. The van der Waals surface area contributed by atoms with Gasteiger partial charge < -0.3 is 19.1 Å². The van der Waals surface area contributed by atoms with Crippen LogP contribution in [-0.4, -0.2) is 52.6 Å². The van der Waals surface area contributed by atoms with E-state index < -0.39 is 0 Å². The molecule has 26 heavy (non-hydrogen) atoms. The Bertz CT molecular complexity index is 784. The van der Waals surface area contributed by atoms with Crippen LogP contribution < -0.4 is 19.8 Å². The summed E-state index contributed by atoms with van der Waals surface area (Å²) in [7, 11) is 3.08. The number of benzene rings is 1. The lowest BCUT2D eigenvalue weighted by Crippen LogP contribution is -2.35. The van der Waals surface area contributed by atoms with Crippen LogP contribution in [0.5, 0.6) is 11.5 Å². The van der Waals surface area contributed by atoms with Crippen LogP contribution in [0.25, 0.3) is 0 Å². The van der Waals surface area contributed by atoms with Gasteiger partial charge in [-0.25, -0.2) is 5.43 Å². The molecule has 0 radical (unpaired) electrons. The number of ether oxygens (including phenoxy) is 3. The molecule has 1 aromatic carbocycles. The van der Waals surface area contributed by atoms with Crippen molar-refractivity contribution in [1.29, 1.82) is 0 Å². The number of morpholine rings is 1. The van der Waals surface area contributed by atoms with E-state index in [4.69, 9.17) is 14.2 Å². The third kappa shape index (κ3) is 4.33. The average Bonchev–Trinajstić information content (AvgIpc) is 3.17. The fourth-order valence-corrected chi connectivity index (χ4v) is 3.49. The second-order valence-electron chi connectivity index (χ2n) is 5.54. The van der Waals surface area contributed by atoms with E-state index >= 15 is 0 Å². The maximum absolute atomic E-state index is 12.2. The Kier molecular flexibility index (Phi) is 6.08. The number of rotatable bonds is 6. The second-order valence-corrected chi connectivity index (χ2v) is 6.64. The minimum Gasteiger partial charge on any atom is -0.493 e. The molecular weight excluding hydrogens is 354 g/mol. The molecule has 0 bridgehead atoms. The first-order valence-corrected chi connectivity index (χ1v) is 9.01. The predicted molar refractivity (Wildman–Crippen MR) is 102 cm³/mol. The van der Waals surface area contributed by atoms with Crippen LogP contribution in [0.4, 0.5) is 5.00 Å². The number of amides is 1. The Labute approximate surface area is 156 Å². The SMILES string of the molecule is COc1ccc(C(=O)N/N=C\c2ccc(N3CCOCC3)s2)cc1OC. The summed E-state index contributed by atoms with van der Waals surface area (Å²) in [5, 5.41) is 5.23. The molecule has 0 atom stereocenters. The van der Waals surface area contributed by atoms with Crippen molar-refractivity contribution in [2.75, 3.05) is 45.4 Å². The molecule has 1 aromatic heterocycles. The molecule has 3 rings (SSSR count). The highest BCUT2D eigenvalue weighted by molar-refractivity contribution is 7.17. The van der Waals surface area contributed by atoms with Crippen molar-refractivity contribution < 1.29 is 19.0 Å². The molecule has 0 saturated carbocycles. The van der Waals surface area contributed by atoms with Gasteiger partial charge in [-0.2, -0.15) is 5.10 Å². The number of carbonyl (C=O) groups excluding carboxylic acids is 1. The van der Waals surface area contributed by atoms with Crippen molar-refractivity contribution in [3.63, 3.8) is 0 Å². The number of anilines is 1. The van der Waals surface area contributed by atoms with Crippen LogP contribution in [0, 0.1) is 0 Å². The molecule has 7 nitrogen and oxygen atoms in total. The Morgan fingerprint density at radius 2 is 1.96 bits per heavy atom. The number of thiophene rings is 1. The van der Waals surface area contributed by atoms with Gasteiger partial charge in [0, 0.05) is 23.5 Å². The van der Waals surface area contributed by atoms with Crippen LogP contribution in [-0.2, 0) is 4.74 Å². The highest BCUT2D eigenvalue weighted by Crippen LogP contribution is 2.27. The predicted octanol–water partition coefficient (Wildman–Crippen LogP) is 2.37. The summed E-state index contributed by atoms with van der Waals surface area (Å²) in [5.74, 6) is 0.756. The van der Waals surface area contributed by atoms with E-state index in [1.165, 1.54) is 12.1 Å². The monoisotopic (exact) mass is 375 g/mol. The van der Waals surface area contributed by atoms with Crippen molar-refractivity contribution >= 4 is 28.5 Å².